The SMILES string of the molecule is CC1CN(C)CCN1C(=O)c1ccc2c(c1)OCO2. The molecule has 2 heterocycles. The molecule has 0 aromatic heterocycles. The van der Waals surface area contributed by atoms with E-state index in [1.54, 1.807) is 18.2 Å². The van der Waals surface area contributed by atoms with E-state index < -0.39 is 0 Å². The zero-order chi connectivity index (χ0) is 13.4. The molecule has 0 N–H and O–H groups in total. The Morgan fingerprint density at radius 3 is 2.84 bits per heavy atom. The molecule has 0 bridgehead atoms. The zero-order valence-corrected chi connectivity index (χ0v) is 11.3. The van der Waals surface area contributed by atoms with E-state index in [9.17, 15) is 4.79 Å². The van der Waals surface area contributed by atoms with Crippen LogP contribution in [0.1, 0.15) is 17.3 Å². The second-order valence-corrected chi connectivity index (χ2v) is 5.18. The van der Waals surface area contributed by atoms with Crippen LogP contribution in [-0.4, -0.2) is 55.2 Å². The Morgan fingerprint density at radius 2 is 2.05 bits per heavy atom. The lowest BCUT2D eigenvalue weighted by molar-refractivity contribution is 0.0533. The van der Waals surface area contributed by atoms with Gasteiger partial charge < -0.3 is 19.3 Å². The molecule has 2 aliphatic heterocycles. The van der Waals surface area contributed by atoms with Crippen molar-refractivity contribution in [2.45, 2.75) is 13.0 Å². The quantitative estimate of drug-likeness (QED) is 0.762. The zero-order valence-electron chi connectivity index (χ0n) is 11.3. The first-order valence-corrected chi connectivity index (χ1v) is 6.54. The van der Waals surface area contributed by atoms with Crippen molar-refractivity contribution in [2.75, 3.05) is 33.5 Å². The van der Waals surface area contributed by atoms with E-state index in [0.29, 0.717) is 17.1 Å². The highest BCUT2D eigenvalue weighted by Crippen LogP contribution is 2.33. The molecule has 1 fully saturated rings. The van der Waals surface area contributed by atoms with Gasteiger partial charge >= 0.3 is 0 Å². The minimum atomic E-state index is 0.0684. The Hall–Kier alpha value is -1.75. The highest BCUT2D eigenvalue weighted by atomic mass is 16.7. The van der Waals surface area contributed by atoms with E-state index in [1.165, 1.54) is 0 Å². The average molecular weight is 262 g/mol. The third kappa shape index (κ3) is 2.26. The van der Waals surface area contributed by atoms with Gasteiger partial charge in [-0.25, -0.2) is 0 Å². The van der Waals surface area contributed by atoms with Crippen molar-refractivity contribution < 1.29 is 14.3 Å². The number of hydrogen-bond donors (Lipinski definition) is 0. The van der Waals surface area contributed by atoms with Crippen LogP contribution in [-0.2, 0) is 0 Å². The lowest BCUT2D eigenvalue weighted by Gasteiger charge is -2.38. The van der Waals surface area contributed by atoms with Gasteiger partial charge in [-0.3, -0.25) is 4.79 Å². The highest BCUT2D eigenvalue weighted by molar-refractivity contribution is 5.95. The van der Waals surface area contributed by atoms with Crippen LogP contribution >= 0.6 is 0 Å². The maximum Gasteiger partial charge on any atom is 0.254 e. The molecule has 1 aromatic rings. The van der Waals surface area contributed by atoms with Crippen LogP contribution in [0, 0.1) is 0 Å². The predicted molar refractivity (Wildman–Crippen MR) is 70.6 cm³/mol. The number of likely N-dealkylation sites (N-methyl/N-ethyl adjacent to an activating group) is 1. The molecule has 0 saturated carbocycles. The fraction of sp³-hybridized carbons (Fsp3) is 0.500. The number of fused-ring (bicyclic) bond motifs is 1. The molecule has 1 atom stereocenters. The van der Waals surface area contributed by atoms with Crippen molar-refractivity contribution in [1.82, 2.24) is 9.80 Å². The summed E-state index contributed by atoms with van der Waals surface area (Å²) >= 11 is 0. The Kier molecular flexibility index (Phi) is 3.06. The highest BCUT2D eigenvalue weighted by Gasteiger charge is 2.27. The lowest BCUT2D eigenvalue weighted by Crippen LogP contribution is -2.52. The normalized spacial score (nSPS) is 22.6. The maximum atomic E-state index is 12.5. The summed E-state index contributed by atoms with van der Waals surface area (Å²) in [4.78, 5) is 16.7. The largest absolute Gasteiger partial charge is 0.454 e. The number of nitrogens with zero attached hydrogens (tertiary/aromatic N) is 2. The molecule has 1 amide bonds. The smallest absolute Gasteiger partial charge is 0.254 e. The summed E-state index contributed by atoms with van der Waals surface area (Å²) in [6.45, 7) is 4.92. The third-order valence-electron chi connectivity index (χ3n) is 3.71. The van der Waals surface area contributed by atoms with Gasteiger partial charge in [0.2, 0.25) is 6.79 Å². The standard InChI is InChI=1S/C14H18N2O3/c1-10-8-15(2)5-6-16(10)14(17)11-3-4-12-13(7-11)19-9-18-12/h3-4,7,10H,5-6,8-9H2,1-2H3. The van der Waals surface area contributed by atoms with Gasteiger partial charge in [0, 0.05) is 31.2 Å². The molecular formula is C14H18N2O3. The number of benzene rings is 1. The Balaban J connectivity index is 1.80. The first-order valence-electron chi connectivity index (χ1n) is 6.54. The van der Waals surface area contributed by atoms with Crippen molar-refractivity contribution in [3.05, 3.63) is 23.8 Å². The van der Waals surface area contributed by atoms with Crippen LogP contribution in [0.2, 0.25) is 0 Å². The van der Waals surface area contributed by atoms with Crippen LogP contribution in [0.5, 0.6) is 11.5 Å². The number of carbonyl (C=O) groups is 1. The third-order valence-corrected chi connectivity index (χ3v) is 3.71. The van der Waals surface area contributed by atoms with Gasteiger partial charge in [0.1, 0.15) is 0 Å². The monoisotopic (exact) mass is 262 g/mol. The van der Waals surface area contributed by atoms with E-state index in [1.807, 2.05) is 4.90 Å². The van der Waals surface area contributed by atoms with E-state index in [0.717, 1.165) is 19.6 Å². The Morgan fingerprint density at radius 1 is 1.26 bits per heavy atom. The van der Waals surface area contributed by atoms with Gasteiger partial charge in [-0.15, -0.1) is 0 Å². The van der Waals surface area contributed by atoms with E-state index in [4.69, 9.17) is 9.47 Å². The molecule has 19 heavy (non-hydrogen) atoms. The fourth-order valence-corrected chi connectivity index (χ4v) is 2.64. The van der Waals surface area contributed by atoms with E-state index in [2.05, 4.69) is 18.9 Å². The van der Waals surface area contributed by atoms with Gasteiger partial charge in [-0.1, -0.05) is 0 Å². The Labute approximate surface area is 112 Å². The lowest BCUT2D eigenvalue weighted by atomic mass is 10.1. The fourth-order valence-electron chi connectivity index (χ4n) is 2.64. The number of carbonyl (C=O) groups excluding carboxylic acids is 1. The Bertz CT molecular complexity index is 503. The molecule has 1 aromatic carbocycles. The van der Waals surface area contributed by atoms with Crippen LogP contribution in [0.4, 0.5) is 0 Å². The van der Waals surface area contributed by atoms with Crippen molar-refractivity contribution in [1.29, 1.82) is 0 Å². The van der Waals surface area contributed by atoms with E-state index in [-0.39, 0.29) is 18.7 Å². The molecule has 102 valence electrons. The van der Waals surface area contributed by atoms with Crippen LogP contribution in [0.3, 0.4) is 0 Å². The molecule has 1 saturated heterocycles. The number of piperazine rings is 1. The second-order valence-electron chi connectivity index (χ2n) is 5.18. The van der Waals surface area contributed by atoms with Crippen LogP contribution < -0.4 is 9.47 Å². The number of ether oxygens (including phenoxy) is 2. The minimum Gasteiger partial charge on any atom is -0.454 e. The molecule has 1 unspecified atom stereocenters. The van der Waals surface area contributed by atoms with Gasteiger partial charge in [-0.2, -0.15) is 0 Å². The summed E-state index contributed by atoms with van der Waals surface area (Å²) < 4.78 is 10.6. The summed E-state index contributed by atoms with van der Waals surface area (Å²) in [5.41, 5.74) is 0.667. The summed E-state index contributed by atoms with van der Waals surface area (Å²) in [7, 11) is 2.08. The van der Waals surface area contributed by atoms with E-state index >= 15 is 0 Å². The van der Waals surface area contributed by atoms with Crippen molar-refractivity contribution in [3.8, 4) is 11.5 Å². The first kappa shape index (κ1) is 12.3. The number of rotatable bonds is 1. The van der Waals surface area contributed by atoms with Gasteiger partial charge in [0.05, 0.1) is 0 Å². The topological polar surface area (TPSA) is 42.0 Å². The minimum absolute atomic E-state index is 0.0684. The number of hydrogen-bond acceptors (Lipinski definition) is 4. The second kappa shape index (κ2) is 4.74. The average Bonchev–Trinajstić information content (AvgIpc) is 2.85. The summed E-state index contributed by atoms with van der Waals surface area (Å²) in [5, 5.41) is 0. The van der Waals surface area contributed by atoms with Gasteiger partial charge in [0.15, 0.2) is 11.5 Å². The summed E-state index contributed by atoms with van der Waals surface area (Å²) in [6, 6.07) is 5.61. The van der Waals surface area contributed by atoms with Gasteiger partial charge in [-0.05, 0) is 32.2 Å². The molecule has 0 aliphatic carbocycles. The molecule has 0 radical (unpaired) electrons. The van der Waals surface area contributed by atoms with Crippen molar-refractivity contribution >= 4 is 5.91 Å². The summed E-state index contributed by atoms with van der Waals surface area (Å²) in [5.74, 6) is 1.44. The van der Waals surface area contributed by atoms with Crippen molar-refractivity contribution in [3.63, 3.8) is 0 Å². The maximum absolute atomic E-state index is 12.5. The van der Waals surface area contributed by atoms with Crippen LogP contribution in [0.15, 0.2) is 18.2 Å². The molecule has 3 rings (SSSR count). The van der Waals surface area contributed by atoms with Crippen LogP contribution in [0.25, 0.3) is 0 Å². The number of amides is 1. The molecule has 5 heteroatoms. The molecule has 0 spiro atoms. The summed E-state index contributed by atoms with van der Waals surface area (Å²) in [6.07, 6.45) is 0. The van der Waals surface area contributed by atoms with Crippen molar-refractivity contribution in [2.24, 2.45) is 0 Å². The predicted octanol–water partition coefficient (Wildman–Crippen LogP) is 1.19. The molecule has 5 nitrogen and oxygen atoms in total. The van der Waals surface area contributed by atoms with Gasteiger partial charge in [0.25, 0.3) is 5.91 Å². The molecule has 2 aliphatic rings. The first-order chi connectivity index (χ1) is 9.15. The molecular weight excluding hydrogens is 244 g/mol.